The molecule has 12 heteroatoms. The second-order valence-electron chi connectivity index (χ2n) is 9.87. The van der Waals surface area contributed by atoms with Gasteiger partial charge in [0.05, 0.1) is 11.6 Å². The zero-order valence-electron chi connectivity index (χ0n) is 19.5. The van der Waals surface area contributed by atoms with Crippen molar-refractivity contribution in [1.82, 2.24) is 9.96 Å². The van der Waals surface area contributed by atoms with E-state index in [9.17, 15) is 27.9 Å². The predicted octanol–water partition coefficient (Wildman–Crippen LogP) is 2.45. The summed E-state index contributed by atoms with van der Waals surface area (Å²) in [5, 5.41) is 10.2. The average Bonchev–Trinajstić information content (AvgIpc) is 2.94. The van der Waals surface area contributed by atoms with E-state index in [0.717, 1.165) is 25.3 Å². The summed E-state index contributed by atoms with van der Waals surface area (Å²) in [5.74, 6) is -2.13. The van der Waals surface area contributed by atoms with Crippen LogP contribution >= 0.6 is 0 Å². The molecule has 2 aliphatic rings. The van der Waals surface area contributed by atoms with E-state index in [4.69, 9.17) is 14.2 Å². The van der Waals surface area contributed by atoms with Gasteiger partial charge < -0.3 is 19.9 Å². The first-order chi connectivity index (χ1) is 15.8. The van der Waals surface area contributed by atoms with Crippen molar-refractivity contribution in [1.29, 1.82) is 0 Å². The van der Waals surface area contributed by atoms with Gasteiger partial charge in [-0.3, -0.25) is 4.79 Å². The molecule has 1 aromatic rings. The predicted molar refractivity (Wildman–Crippen MR) is 121 cm³/mol. The summed E-state index contributed by atoms with van der Waals surface area (Å²) in [7, 11) is -4.75. The van der Waals surface area contributed by atoms with Gasteiger partial charge in [-0.25, -0.2) is 9.59 Å². The summed E-state index contributed by atoms with van der Waals surface area (Å²) in [6.45, 7) is 6.52. The van der Waals surface area contributed by atoms with E-state index < -0.39 is 40.4 Å². The number of unbranched alkanes of at least 4 members (excludes halogenated alkanes) is 1. The Balaban J connectivity index is 1.67. The summed E-state index contributed by atoms with van der Waals surface area (Å²) >= 11 is 0. The van der Waals surface area contributed by atoms with Crippen LogP contribution in [0, 0.1) is 5.41 Å². The number of aryl methyl sites for hydroxylation is 1. The maximum atomic E-state index is 12.5. The number of hydrogen-bond acceptors (Lipinski definition) is 7. The molecule has 0 radical (unpaired) electrons. The van der Waals surface area contributed by atoms with Crippen molar-refractivity contribution in [2.24, 2.45) is 11.1 Å². The van der Waals surface area contributed by atoms with Gasteiger partial charge in [-0.1, -0.05) is 33.3 Å². The monoisotopic (exact) mass is 497 g/mol. The molecule has 11 nitrogen and oxygen atoms in total. The van der Waals surface area contributed by atoms with Crippen molar-refractivity contribution in [2.75, 3.05) is 6.54 Å². The van der Waals surface area contributed by atoms with Gasteiger partial charge in [-0.15, -0.1) is 4.28 Å². The van der Waals surface area contributed by atoms with Crippen LogP contribution in [0.25, 0.3) is 0 Å². The van der Waals surface area contributed by atoms with Crippen LogP contribution in [-0.2, 0) is 25.9 Å². The fourth-order valence-corrected chi connectivity index (χ4v) is 5.00. The molecule has 0 spiro atoms. The molecule has 2 heterocycles. The lowest BCUT2D eigenvalue weighted by molar-refractivity contribution is -0.122. The van der Waals surface area contributed by atoms with Crippen LogP contribution in [0.3, 0.4) is 0 Å². The Kier molecular flexibility index (Phi) is 7.41. The molecule has 2 atom stereocenters. The number of amides is 3. The van der Waals surface area contributed by atoms with Crippen molar-refractivity contribution in [3.8, 4) is 5.75 Å². The summed E-state index contributed by atoms with van der Waals surface area (Å²) in [5.41, 5.74) is 6.01. The van der Waals surface area contributed by atoms with Crippen LogP contribution in [0.15, 0.2) is 18.2 Å². The fourth-order valence-electron chi connectivity index (χ4n) is 4.25. The van der Waals surface area contributed by atoms with E-state index in [2.05, 4.69) is 20.8 Å². The Morgan fingerprint density at radius 2 is 1.91 bits per heavy atom. The Bertz CT molecular complexity index is 1070. The number of nitrogens with zero attached hydrogens (tertiary/aromatic N) is 2. The first kappa shape index (κ1) is 25.8. The highest BCUT2D eigenvalue weighted by molar-refractivity contribution is 7.82. The molecule has 0 aliphatic carbocycles. The molecule has 3 N–H and O–H groups in total. The molecule has 1 aromatic carbocycles. The minimum absolute atomic E-state index is 0.0630. The van der Waals surface area contributed by atoms with Gasteiger partial charge >= 0.3 is 22.4 Å². The zero-order valence-corrected chi connectivity index (χ0v) is 20.3. The van der Waals surface area contributed by atoms with Gasteiger partial charge in [0.15, 0.2) is 0 Å². The lowest BCUT2D eigenvalue weighted by Gasteiger charge is -2.27. The van der Waals surface area contributed by atoms with Gasteiger partial charge in [-0.05, 0) is 55.2 Å². The van der Waals surface area contributed by atoms with Crippen molar-refractivity contribution < 1.29 is 36.4 Å². The Hall–Kier alpha value is -2.86. The molecule has 3 rings (SSSR count). The van der Waals surface area contributed by atoms with Crippen molar-refractivity contribution in [3.63, 3.8) is 0 Å². The minimum atomic E-state index is -4.75. The number of piperidine rings is 1. The maximum Gasteiger partial charge on any atom is 0.470 e. The number of rotatable bonds is 10. The minimum Gasteiger partial charge on any atom is -0.478 e. The van der Waals surface area contributed by atoms with Gasteiger partial charge in [-0.2, -0.15) is 13.5 Å². The lowest BCUT2D eigenvalue weighted by atomic mass is 9.89. The molecular formula is C22H31N3O8S. The van der Waals surface area contributed by atoms with E-state index in [1.807, 2.05) is 0 Å². The van der Waals surface area contributed by atoms with Crippen LogP contribution in [0.5, 0.6) is 5.75 Å². The third-order valence-electron chi connectivity index (χ3n) is 5.96. The number of carboxylic acid groups (broad SMARTS) is 1. The van der Waals surface area contributed by atoms with E-state index in [-0.39, 0.29) is 23.3 Å². The highest BCUT2D eigenvalue weighted by atomic mass is 32.3. The molecular weight excluding hydrogens is 466 g/mol. The summed E-state index contributed by atoms with van der Waals surface area (Å²) in [4.78, 5) is 37.0. The normalized spacial score (nSPS) is 20.5. The second-order valence-corrected chi connectivity index (χ2v) is 11.0. The maximum absolute atomic E-state index is 12.5. The number of hydrogen-bond donors (Lipinski definition) is 2. The van der Waals surface area contributed by atoms with Gasteiger partial charge in [0.25, 0.3) is 0 Å². The molecule has 34 heavy (non-hydrogen) atoms. The van der Waals surface area contributed by atoms with Gasteiger partial charge in [0.1, 0.15) is 11.8 Å². The summed E-state index contributed by atoms with van der Waals surface area (Å²) in [6, 6.07) is 1.79. The Morgan fingerprint density at radius 3 is 2.53 bits per heavy atom. The summed E-state index contributed by atoms with van der Waals surface area (Å²) in [6.07, 6.45) is 3.88. The van der Waals surface area contributed by atoms with Crippen molar-refractivity contribution in [2.45, 2.75) is 71.4 Å². The number of hydroxylamine groups is 2. The third-order valence-corrected chi connectivity index (χ3v) is 6.70. The topological polar surface area (TPSA) is 157 Å². The number of carboxylic acids is 1. The van der Waals surface area contributed by atoms with E-state index in [1.165, 1.54) is 17.0 Å². The van der Waals surface area contributed by atoms with Crippen molar-refractivity contribution >= 4 is 28.3 Å². The number of urea groups is 1. The third kappa shape index (κ3) is 6.17. The molecule has 0 saturated carbocycles. The second kappa shape index (κ2) is 9.79. The molecule has 2 aliphatic heterocycles. The van der Waals surface area contributed by atoms with Crippen LogP contribution in [-0.4, -0.2) is 60.0 Å². The first-order valence-corrected chi connectivity index (χ1v) is 12.5. The van der Waals surface area contributed by atoms with Gasteiger partial charge in [0.2, 0.25) is 5.91 Å². The van der Waals surface area contributed by atoms with E-state index in [0.29, 0.717) is 29.9 Å². The first-order valence-electron chi connectivity index (χ1n) is 11.2. The van der Waals surface area contributed by atoms with Crippen LogP contribution < -0.4 is 9.92 Å². The van der Waals surface area contributed by atoms with Crippen LogP contribution in [0.1, 0.15) is 68.8 Å². The molecule has 3 amide bonds. The number of nitrogens with two attached hydrogens (primary N) is 1. The quantitative estimate of drug-likeness (QED) is 0.467. The van der Waals surface area contributed by atoms with Gasteiger partial charge in [0, 0.05) is 6.54 Å². The zero-order chi connectivity index (χ0) is 25.3. The number of aromatic carboxylic acids is 1. The largest absolute Gasteiger partial charge is 0.478 e. The number of carbonyl (C=O) groups excluding carboxylic acids is 2. The SMILES string of the molecule is CC(C)(C)CCCCc1ccc(OS(=O)(=O)ON2C(=O)N3C[C@H]2CC[C@H]3C(N)=O)cc1C(=O)O. The van der Waals surface area contributed by atoms with Crippen LogP contribution in [0.2, 0.25) is 0 Å². The number of fused-ring (bicyclic) bond motifs is 2. The molecule has 2 bridgehead atoms. The van der Waals surface area contributed by atoms with Crippen LogP contribution in [0.4, 0.5) is 4.79 Å². The lowest BCUT2D eigenvalue weighted by Crippen LogP contribution is -2.47. The summed E-state index contributed by atoms with van der Waals surface area (Å²) < 4.78 is 34.8. The van der Waals surface area contributed by atoms with E-state index >= 15 is 0 Å². The molecule has 2 fully saturated rings. The smallest absolute Gasteiger partial charge is 0.470 e. The Labute approximate surface area is 199 Å². The fraction of sp³-hybridized carbons (Fsp3) is 0.591. The molecule has 0 unspecified atom stereocenters. The van der Waals surface area contributed by atoms with E-state index in [1.54, 1.807) is 0 Å². The molecule has 0 aromatic heterocycles. The molecule has 2 saturated heterocycles. The molecule has 188 valence electrons. The highest BCUT2D eigenvalue weighted by Gasteiger charge is 2.49. The van der Waals surface area contributed by atoms with Crippen molar-refractivity contribution in [3.05, 3.63) is 29.3 Å². The number of carbonyl (C=O) groups is 3. The Morgan fingerprint density at radius 1 is 1.21 bits per heavy atom. The standard InChI is InChI=1S/C22H31N3O8S/c1-22(2,3)11-5-4-6-14-7-9-16(12-17(14)20(27)28)32-34(30,31)33-25-15-8-10-18(19(23)26)24(13-15)21(25)29/h7,9,12,15,18H,4-6,8,10-11,13H2,1-3H3,(H2,23,26)(H,27,28)/t15-,18+/m1/s1. The number of benzene rings is 1. The highest BCUT2D eigenvalue weighted by Crippen LogP contribution is 2.31. The number of primary amides is 1. The average molecular weight is 498 g/mol.